The summed E-state index contributed by atoms with van der Waals surface area (Å²) in [7, 11) is 0. The first-order valence-electron chi connectivity index (χ1n) is 6.22. The summed E-state index contributed by atoms with van der Waals surface area (Å²) in [6.07, 6.45) is 0.918. The van der Waals surface area contributed by atoms with Crippen molar-refractivity contribution >= 4 is 22.6 Å². The van der Waals surface area contributed by atoms with Gasteiger partial charge in [0.2, 0.25) is 0 Å². The average Bonchev–Trinajstić information content (AvgIpc) is 2.97. The molecule has 3 rings (SSSR count). The topological polar surface area (TPSA) is 150 Å². The van der Waals surface area contributed by atoms with Crippen molar-refractivity contribution in [3.05, 3.63) is 24.3 Å². The van der Waals surface area contributed by atoms with Crippen LogP contribution in [0.1, 0.15) is 11.8 Å². The van der Waals surface area contributed by atoms with E-state index in [0.29, 0.717) is 5.39 Å². The zero-order valence-electron chi connectivity index (χ0n) is 11.1. The summed E-state index contributed by atoms with van der Waals surface area (Å²) in [6.45, 7) is -0.773. The number of aliphatic hydroxyl groups excluding tert-OH is 2. The minimum absolute atomic E-state index is 0.237. The summed E-state index contributed by atoms with van der Waals surface area (Å²) in [6, 6.07) is 1.96. The number of aromatic nitrogens is 3. The molecule has 116 valence electrons. The van der Waals surface area contributed by atoms with Crippen molar-refractivity contribution in [1.82, 2.24) is 14.5 Å². The van der Waals surface area contributed by atoms with Gasteiger partial charge in [0.25, 0.3) is 0 Å². The van der Waals surface area contributed by atoms with Gasteiger partial charge in [-0.25, -0.2) is 9.97 Å². The Kier molecular flexibility index (Phi) is 3.33. The van der Waals surface area contributed by atoms with Crippen LogP contribution in [-0.4, -0.2) is 53.4 Å². The van der Waals surface area contributed by atoms with Crippen LogP contribution in [0.5, 0.6) is 0 Å². The van der Waals surface area contributed by atoms with Gasteiger partial charge < -0.3 is 24.6 Å². The van der Waals surface area contributed by atoms with Crippen LogP contribution in [0, 0.1) is 11.3 Å². The number of ether oxygens (including phenoxy) is 1. The van der Waals surface area contributed by atoms with E-state index < -0.39 is 29.7 Å². The number of nitriles is 1. The Balaban J connectivity index is 2.18. The van der Waals surface area contributed by atoms with Crippen molar-refractivity contribution in [2.45, 2.75) is 23.1 Å². The van der Waals surface area contributed by atoms with Crippen molar-refractivity contribution in [2.24, 2.45) is 5.73 Å². The molecule has 0 amide bonds. The van der Waals surface area contributed by atoms with Crippen molar-refractivity contribution in [3.8, 4) is 6.07 Å². The molecule has 0 saturated carbocycles. The Hall–Kier alpha value is -1.80. The lowest BCUT2D eigenvalue weighted by atomic mass is 10.0. The molecular formula is C12H12ClN5O4. The molecule has 0 radical (unpaired) electrons. The number of alkyl halides is 1. The third kappa shape index (κ3) is 1.90. The molecule has 0 aromatic carbocycles. The molecule has 2 aromatic heterocycles. The van der Waals surface area contributed by atoms with Gasteiger partial charge in [-0.1, -0.05) is 11.6 Å². The molecule has 0 unspecified atom stereocenters. The Morgan fingerprint density at radius 2 is 2.32 bits per heavy atom. The van der Waals surface area contributed by atoms with E-state index in [1.807, 2.05) is 6.07 Å². The van der Waals surface area contributed by atoms with Gasteiger partial charge in [0.05, 0.1) is 17.6 Å². The third-order valence-corrected chi connectivity index (χ3v) is 4.05. The van der Waals surface area contributed by atoms with E-state index in [-0.39, 0.29) is 11.2 Å². The van der Waals surface area contributed by atoms with Crippen LogP contribution in [0.3, 0.4) is 0 Å². The fourth-order valence-electron chi connectivity index (χ4n) is 2.48. The molecule has 0 spiro atoms. The van der Waals surface area contributed by atoms with Crippen LogP contribution in [0.25, 0.3) is 11.0 Å². The number of halogens is 1. The van der Waals surface area contributed by atoms with E-state index in [4.69, 9.17) is 27.3 Å². The van der Waals surface area contributed by atoms with Crippen molar-refractivity contribution in [1.29, 1.82) is 5.26 Å². The fourth-order valence-corrected chi connectivity index (χ4v) is 2.74. The highest BCUT2D eigenvalue weighted by Gasteiger charge is 2.62. The summed E-state index contributed by atoms with van der Waals surface area (Å²) in [5.74, 6) is 0. The van der Waals surface area contributed by atoms with Crippen molar-refractivity contribution in [3.63, 3.8) is 0 Å². The molecule has 3 heterocycles. The Morgan fingerprint density at radius 3 is 2.91 bits per heavy atom. The van der Waals surface area contributed by atoms with Gasteiger partial charge in [0.15, 0.2) is 17.0 Å². The second-order valence-corrected chi connectivity index (χ2v) is 5.67. The average molecular weight is 326 g/mol. The molecule has 1 aliphatic heterocycles. The SMILES string of the molecule is N#Cc1cn([C@@H]2O[C@](Cl)(CO)[C@@H](O)[C@@]2(N)O)c2ncncc12. The largest absolute Gasteiger partial charge is 0.392 e. The van der Waals surface area contributed by atoms with Crippen LogP contribution in [0.4, 0.5) is 0 Å². The maximum absolute atomic E-state index is 10.3. The first-order chi connectivity index (χ1) is 10.3. The third-order valence-electron chi connectivity index (χ3n) is 3.63. The molecule has 0 aliphatic carbocycles. The van der Waals surface area contributed by atoms with Gasteiger partial charge >= 0.3 is 0 Å². The highest BCUT2D eigenvalue weighted by molar-refractivity contribution is 6.23. The fraction of sp³-hybridized carbons (Fsp3) is 0.417. The maximum Gasteiger partial charge on any atom is 0.197 e. The molecule has 4 atom stereocenters. The molecule has 1 fully saturated rings. The van der Waals surface area contributed by atoms with Gasteiger partial charge in [-0.2, -0.15) is 5.26 Å². The number of rotatable bonds is 2. The number of nitrogens with two attached hydrogens (primary N) is 1. The minimum atomic E-state index is -2.30. The van der Waals surface area contributed by atoms with Crippen LogP contribution < -0.4 is 5.73 Å². The van der Waals surface area contributed by atoms with E-state index in [1.165, 1.54) is 23.3 Å². The Labute approximate surface area is 129 Å². The number of aliphatic hydroxyl groups is 3. The predicted molar refractivity (Wildman–Crippen MR) is 73.2 cm³/mol. The first-order valence-corrected chi connectivity index (χ1v) is 6.60. The number of nitrogens with zero attached hydrogens (tertiary/aromatic N) is 4. The van der Waals surface area contributed by atoms with Gasteiger partial charge in [0, 0.05) is 12.4 Å². The quantitative estimate of drug-likeness (QED) is 0.396. The molecule has 1 saturated heterocycles. The van der Waals surface area contributed by atoms with E-state index in [9.17, 15) is 15.3 Å². The monoisotopic (exact) mass is 325 g/mol. The van der Waals surface area contributed by atoms with Crippen LogP contribution >= 0.6 is 11.6 Å². The van der Waals surface area contributed by atoms with Gasteiger partial charge in [-0.05, 0) is 0 Å². The Bertz CT molecular complexity index is 772. The van der Waals surface area contributed by atoms with Crippen LogP contribution in [-0.2, 0) is 4.74 Å². The molecule has 1 aliphatic rings. The number of hydrogen-bond acceptors (Lipinski definition) is 8. The summed E-state index contributed by atoms with van der Waals surface area (Å²) in [5, 5.41) is 37.3. The lowest BCUT2D eigenvalue weighted by Gasteiger charge is -2.27. The van der Waals surface area contributed by atoms with Gasteiger partial charge in [-0.3, -0.25) is 5.73 Å². The number of fused-ring (bicyclic) bond motifs is 1. The molecule has 5 N–H and O–H groups in total. The molecule has 9 nitrogen and oxygen atoms in total. The Morgan fingerprint density at radius 1 is 1.59 bits per heavy atom. The van der Waals surface area contributed by atoms with Crippen LogP contribution in [0.2, 0.25) is 0 Å². The van der Waals surface area contributed by atoms with Crippen LogP contribution in [0.15, 0.2) is 18.7 Å². The molecule has 10 heteroatoms. The van der Waals surface area contributed by atoms with E-state index >= 15 is 0 Å². The van der Waals surface area contributed by atoms with Crippen molar-refractivity contribution in [2.75, 3.05) is 6.61 Å². The first kappa shape index (κ1) is 15.1. The summed E-state index contributed by atoms with van der Waals surface area (Å²) >= 11 is 5.95. The molecule has 22 heavy (non-hydrogen) atoms. The smallest absolute Gasteiger partial charge is 0.197 e. The number of hydrogen-bond donors (Lipinski definition) is 4. The lowest BCUT2D eigenvalue weighted by molar-refractivity contribution is -0.105. The summed E-state index contributed by atoms with van der Waals surface area (Å²) in [5.41, 5.74) is 3.94. The zero-order valence-corrected chi connectivity index (χ0v) is 11.8. The van der Waals surface area contributed by atoms with Gasteiger partial charge in [-0.15, -0.1) is 0 Å². The summed E-state index contributed by atoms with van der Waals surface area (Å²) < 4.78 is 6.64. The van der Waals surface area contributed by atoms with Crippen molar-refractivity contribution < 1.29 is 20.1 Å². The normalized spacial score (nSPS) is 34.9. The zero-order chi connectivity index (χ0) is 16.1. The van der Waals surface area contributed by atoms with E-state index in [0.717, 1.165) is 0 Å². The van der Waals surface area contributed by atoms with E-state index in [2.05, 4.69) is 9.97 Å². The lowest BCUT2D eigenvalue weighted by Crippen LogP contribution is -2.56. The molecular weight excluding hydrogens is 314 g/mol. The second-order valence-electron chi connectivity index (χ2n) is 5.03. The summed E-state index contributed by atoms with van der Waals surface area (Å²) in [4.78, 5) is 7.86. The molecule has 2 aromatic rings. The predicted octanol–water partition coefficient (Wildman–Crippen LogP) is -1.23. The highest BCUT2D eigenvalue weighted by atomic mass is 35.5. The second kappa shape index (κ2) is 4.85. The highest BCUT2D eigenvalue weighted by Crippen LogP contribution is 2.44. The van der Waals surface area contributed by atoms with E-state index in [1.54, 1.807) is 0 Å². The standard InChI is InChI=1S/C12H12ClN5O4/c13-11(4-19)9(20)12(15,21)10(22-11)18-3-6(1-14)7-2-16-5-17-8(7)18/h2-3,5,9-10,19-21H,4,15H2/t9-,10-,11-,12-/m1/s1. The molecule has 0 bridgehead atoms. The van der Waals surface area contributed by atoms with Gasteiger partial charge in [0.1, 0.15) is 24.1 Å². The maximum atomic E-state index is 10.3. The minimum Gasteiger partial charge on any atom is -0.392 e.